The number of hydrogen-bond acceptors (Lipinski definition) is 2. The molecule has 1 aromatic carbocycles. The van der Waals surface area contributed by atoms with Crippen LogP contribution in [0.3, 0.4) is 0 Å². The monoisotopic (exact) mass is 268 g/mol. The number of hydrogen-bond donors (Lipinski definition) is 1. The molecule has 1 N–H and O–H groups in total. The van der Waals surface area contributed by atoms with Crippen LogP contribution in [0.5, 0.6) is 0 Å². The van der Waals surface area contributed by atoms with E-state index in [2.05, 4.69) is 56.2 Å². The highest BCUT2D eigenvalue weighted by molar-refractivity contribution is 6.33. The summed E-state index contributed by atoms with van der Waals surface area (Å²) in [5.41, 5.74) is 2.36. The Morgan fingerprint density at radius 1 is 1.33 bits per heavy atom. The number of rotatable bonds is 7. The van der Waals surface area contributed by atoms with Crippen molar-refractivity contribution in [2.24, 2.45) is 0 Å². The van der Waals surface area contributed by atoms with Gasteiger partial charge in [0.25, 0.3) is 0 Å². The largest absolute Gasteiger partial charge is 0.371 e. The first-order chi connectivity index (χ1) is 8.60. The fourth-order valence-corrected chi connectivity index (χ4v) is 2.40. The van der Waals surface area contributed by atoms with Crippen LogP contribution in [0, 0.1) is 0 Å². The summed E-state index contributed by atoms with van der Waals surface area (Å²) in [6.45, 7) is 8.42. The Hall–Kier alpha value is -0.730. The molecule has 1 unspecified atom stereocenters. The molecule has 0 aliphatic heterocycles. The summed E-state index contributed by atoms with van der Waals surface area (Å²) in [6.07, 6.45) is 2.38. The highest BCUT2D eigenvalue weighted by Crippen LogP contribution is 2.28. The lowest BCUT2D eigenvalue weighted by molar-refractivity contribution is 0.616. The summed E-state index contributed by atoms with van der Waals surface area (Å²) in [6, 6.07) is 6.86. The smallest absolute Gasteiger partial charge is 0.0642 e. The van der Waals surface area contributed by atoms with Gasteiger partial charge in [0, 0.05) is 19.6 Å². The lowest BCUT2D eigenvalue weighted by atomic mass is 10.1. The van der Waals surface area contributed by atoms with Crippen molar-refractivity contribution in [3.63, 3.8) is 0 Å². The highest BCUT2D eigenvalue weighted by Gasteiger charge is 2.12. The van der Waals surface area contributed by atoms with Gasteiger partial charge in [-0.2, -0.15) is 0 Å². The zero-order chi connectivity index (χ0) is 13.5. The highest BCUT2D eigenvalue weighted by atomic mass is 35.5. The van der Waals surface area contributed by atoms with Crippen LogP contribution in [0.4, 0.5) is 5.69 Å². The van der Waals surface area contributed by atoms with Crippen LogP contribution in [0.15, 0.2) is 18.2 Å². The minimum Gasteiger partial charge on any atom is -0.371 e. The second-order valence-corrected chi connectivity index (χ2v) is 5.22. The number of nitrogens with zero attached hydrogens (tertiary/aromatic N) is 1. The van der Waals surface area contributed by atoms with E-state index in [4.69, 9.17) is 11.6 Å². The third-order valence-electron chi connectivity index (χ3n) is 3.34. The molecule has 0 aliphatic rings. The van der Waals surface area contributed by atoms with Crippen molar-refractivity contribution >= 4 is 17.3 Å². The summed E-state index contributed by atoms with van der Waals surface area (Å²) in [5.74, 6) is 0. The second-order valence-electron chi connectivity index (χ2n) is 4.81. The predicted molar refractivity (Wildman–Crippen MR) is 81.6 cm³/mol. The normalized spacial score (nSPS) is 12.5. The molecule has 2 nitrogen and oxygen atoms in total. The van der Waals surface area contributed by atoms with Gasteiger partial charge in [-0.05, 0) is 37.6 Å². The van der Waals surface area contributed by atoms with E-state index in [1.165, 1.54) is 18.4 Å². The van der Waals surface area contributed by atoms with Crippen LogP contribution < -0.4 is 10.2 Å². The van der Waals surface area contributed by atoms with E-state index in [0.29, 0.717) is 6.04 Å². The summed E-state index contributed by atoms with van der Waals surface area (Å²) in [7, 11) is 2.12. The quantitative estimate of drug-likeness (QED) is 0.802. The predicted octanol–water partition coefficient (Wildman–Crippen LogP) is 4.07. The lowest BCUT2D eigenvalue weighted by Crippen LogP contribution is -2.28. The van der Waals surface area contributed by atoms with Crippen molar-refractivity contribution in [1.29, 1.82) is 0 Å². The van der Waals surface area contributed by atoms with Crippen molar-refractivity contribution in [2.75, 3.05) is 18.5 Å². The van der Waals surface area contributed by atoms with Crippen molar-refractivity contribution in [3.8, 4) is 0 Å². The number of halogens is 1. The summed E-state index contributed by atoms with van der Waals surface area (Å²) >= 11 is 6.38. The topological polar surface area (TPSA) is 15.3 Å². The van der Waals surface area contributed by atoms with Crippen molar-refractivity contribution in [2.45, 2.75) is 46.2 Å². The first kappa shape index (κ1) is 15.3. The summed E-state index contributed by atoms with van der Waals surface area (Å²) < 4.78 is 0. The molecule has 1 atom stereocenters. The molecule has 1 aromatic rings. The van der Waals surface area contributed by atoms with Gasteiger partial charge in [0.1, 0.15) is 0 Å². The van der Waals surface area contributed by atoms with Gasteiger partial charge in [-0.3, -0.25) is 0 Å². The van der Waals surface area contributed by atoms with Gasteiger partial charge < -0.3 is 10.2 Å². The second kappa shape index (κ2) is 7.65. The maximum absolute atomic E-state index is 6.38. The number of anilines is 1. The molecule has 0 spiro atoms. The lowest BCUT2D eigenvalue weighted by Gasteiger charge is -2.28. The Balaban J connectivity index is 2.78. The van der Waals surface area contributed by atoms with E-state index in [-0.39, 0.29) is 0 Å². The Kier molecular flexibility index (Phi) is 6.51. The number of nitrogens with one attached hydrogen (secondary N) is 1. The zero-order valence-corrected chi connectivity index (χ0v) is 12.7. The molecule has 1 rings (SSSR count). The SMILES string of the molecule is CCCC(C)N(C)c1ccc(CNCC)cc1Cl. The zero-order valence-electron chi connectivity index (χ0n) is 12.0. The Labute approximate surface area is 116 Å². The standard InChI is InChI=1S/C15H25ClN2/c1-5-7-12(3)18(4)15-9-8-13(10-14(15)16)11-17-6-2/h8-10,12,17H,5-7,11H2,1-4H3. The average Bonchev–Trinajstić information content (AvgIpc) is 2.36. The van der Waals surface area contributed by atoms with E-state index in [9.17, 15) is 0 Å². The van der Waals surface area contributed by atoms with Crippen LogP contribution in [0.25, 0.3) is 0 Å². The van der Waals surface area contributed by atoms with E-state index >= 15 is 0 Å². The molecule has 0 aliphatic carbocycles. The molecule has 0 saturated carbocycles. The third-order valence-corrected chi connectivity index (χ3v) is 3.64. The van der Waals surface area contributed by atoms with Crippen LogP contribution in [-0.4, -0.2) is 19.6 Å². The molecule has 0 aromatic heterocycles. The minimum atomic E-state index is 0.520. The Morgan fingerprint density at radius 3 is 2.61 bits per heavy atom. The van der Waals surface area contributed by atoms with Gasteiger partial charge in [-0.25, -0.2) is 0 Å². The van der Waals surface area contributed by atoms with Gasteiger partial charge in [-0.1, -0.05) is 37.9 Å². The van der Waals surface area contributed by atoms with Crippen molar-refractivity contribution in [1.82, 2.24) is 5.32 Å². The molecule has 0 heterocycles. The minimum absolute atomic E-state index is 0.520. The third kappa shape index (κ3) is 4.18. The Morgan fingerprint density at radius 2 is 2.06 bits per heavy atom. The van der Waals surface area contributed by atoms with E-state index in [1.54, 1.807) is 0 Å². The molecule has 3 heteroatoms. The first-order valence-electron chi connectivity index (χ1n) is 6.82. The summed E-state index contributed by atoms with van der Waals surface area (Å²) in [4.78, 5) is 2.27. The molecule has 0 bridgehead atoms. The van der Waals surface area contributed by atoms with Gasteiger partial charge in [-0.15, -0.1) is 0 Å². The van der Waals surface area contributed by atoms with Crippen LogP contribution >= 0.6 is 11.6 Å². The van der Waals surface area contributed by atoms with E-state index < -0.39 is 0 Å². The van der Waals surface area contributed by atoms with Crippen LogP contribution in [-0.2, 0) is 6.54 Å². The van der Waals surface area contributed by atoms with Gasteiger partial charge >= 0.3 is 0 Å². The molecule has 0 fully saturated rings. The average molecular weight is 269 g/mol. The van der Waals surface area contributed by atoms with Crippen LogP contribution in [0.1, 0.15) is 39.2 Å². The van der Waals surface area contributed by atoms with Gasteiger partial charge in [0.2, 0.25) is 0 Å². The summed E-state index contributed by atoms with van der Waals surface area (Å²) in [5, 5.41) is 4.15. The van der Waals surface area contributed by atoms with Crippen molar-refractivity contribution < 1.29 is 0 Å². The van der Waals surface area contributed by atoms with E-state index in [0.717, 1.165) is 23.8 Å². The fraction of sp³-hybridized carbons (Fsp3) is 0.600. The van der Waals surface area contributed by atoms with Gasteiger partial charge in [0.15, 0.2) is 0 Å². The molecular formula is C15H25ClN2. The maximum Gasteiger partial charge on any atom is 0.0642 e. The fourth-order valence-electron chi connectivity index (χ4n) is 2.06. The maximum atomic E-state index is 6.38. The molecule has 0 saturated heterocycles. The molecule has 0 radical (unpaired) electrons. The van der Waals surface area contributed by atoms with Crippen LogP contribution in [0.2, 0.25) is 5.02 Å². The van der Waals surface area contributed by atoms with Gasteiger partial charge in [0.05, 0.1) is 10.7 Å². The Bertz CT molecular complexity index is 366. The molecular weight excluding hydrogens is 244 g/mol. The molecule has 18 heavy (non-hydrogen) atoms. The molecule has 102 valence electrons. The number of benzene rings is 1. The first-order valence-corrected chi connectivity index (χ1v) is 7.19. The van der Waals surface area contributed by atoms with E-state index in [1.807, 2.05) is 0 Å². The molecule has 0 amide bonds. The van der Waals surface area contributed by atoms with Crippen molar-refractivity contribution in [3.05, 3.63) is 28.8 Å².